The molecule has 0 atom stereocenters. The summed E-state index contributed by atoms with van der Waals surface area (Å²) in [4.78, 5) is 3.98. The highest BCUT2D eigenvalue weighted by Crippen LogP contribution is 2.31. The number of pyridine rings is 1. The molecule has 1 aromatic rings. The zero-order valence-corrected chi connectivity index (χ0v) is 11.3. The monoisotopic (exact) mass is 299 g/mol. The summed E-state index contributed by atoms with van der Waals surface area (Å²) in [7, 11) is 0. The molecule has 0 bridgehead atoms. The number of nitrogens with two attached hydrogens (primary N) is 1. The fourth-order valence-corrected chi connectivity index (χ4v) is 2.76. The zero-order chi connectivity index (χ0) is 12.3. The first-order valence-corrected chi connectivity index (χ1v) is 6.75. The molecule has 5 heteroatoms. The largest absolute Gasteiger partial charge is 0.396 e. The van der Waals surface area contributed by atoms with E-state index in [2.05, 4.69) is 26.2 Å². The lowest BCUT2D eigenvalue weighted by Gasteiger charge is -2.32. The van der Waals surface area contributed by atoms with Crippen LogP contribution < -0.4 is 11.1 Å². The van der Waals surface area contributed by atoms with Crippen LogP contribution in [0.4, 0.5) is 11.4 Å². The number of nitrogen functional groups attached to an aromatic ring is 1. The van der Waals surface area contributed by atoms with Gasteiger partial charge in [0.15, 0.2) is 0 Å². The van der Waals surface area contributed by atoms with Crippen molar-refractivity contribution >= 4 is 27.3 Å². The molecule has 1 heterocycles. The van der Waals surface area contributed by atoms with Crippen LogP contribution in [-0.4, -0.2) is 22.2 Å². The number of nitrogens with one attached hydrogen (secondary N) is 1. The number of rotatable bonds is 3. The predicted octanol–water partition coefficient (Wildman–Crippen LogP) is 2.53. The highest BCUT2D eigenvalue weighted by atomic mass is 79.9. The third-order valence-electron chi connectivity index (χ3n) is 3.31. The van der Waals surface area contributed by atoms with E-state index < -0.39 is 5.60 Å². The fraction of sp³-hybridized carbons (Fsp3) is 0.583. The topological polar surface area (TPSA) is 71.2 Å². The number of hydrogen-bond acceptors (Lipinski definition) is 4. The average Bonchev–Trinajstić information content (AvgIpc) is 2.29. The lowest BCUT2D eigenvalue weighted by molar-refractivity contribution is 0.0167. The van der Waals surface area contributed by atoms with Gasteiger partial charge < -0.3 is 16.2 Å². The van der Waals surface area contributed by atoms with Gasteiger partial charge in [-0.25, -0.2) is 0 Å². The lowest BCUT2D eigenvalue weighted by atomic mass is 9.85. The Morgan fingerprint density at radius 2 is 2.06 bits per heavy atom. The van der Waals surface area contributed by atoms with Crippen LogP contribution in [0.1, 0.15) is 32.1 Å². The number of halogens is 1. The molecule has 0 saturated heterocycles. The van der Waals surface area contributed by atoms with Crippen molar-refractivity contribution in [2.75, 3.05) is 17.6 Å². The fourth-order valence-electron chi connectivity index (χ4n) is 2.28. The molecule has 0 aliphatic heterocycles. The first-order chi connectivity index (χ1) is 8.11. The van der Waals surface area contributed by atoms with Gasteiger partial charge in [0.1, 0.15) is 0 Å². The van der Waals surface area contributed by atoms with Crippen molar-refractivity contribution < 1.29 is 5.11 Å². The molecule has 1 saturated carbocycles. The standard InChI is InChI=1S/C12H18BrN3O/c13-9-6-15-7-10(14)11(9)16-8-12(17)4-2-1-3-5-12/h6-7,17H,1-5,8,14H2,(H,15,16). The van der Waals surface area contributed by atoms with Gasteiger partial charge in [-0.05, 0) is 28.8 Å². The minimum atomic E-state index is -0.590. The van der Waals surface area contributed by atoms with E-state index in [-0.39, 0.29) is 0 Å². The lowest BCUT2D eigenvalue weighted by Crippen LogP contribution is -2.38. The SMILES string of the molecule is Nc1cncc(Br)c1NCC1(O)CCCCC1. The van der Waals surface area contributed by atoms with Crippen LogP contribution in [-0.2, 0) is 0 Å². The van der Waals surface area contributed by atoms with E-state index in [1.165, 1.54) is 6.42 Å². The molecule has 1 fully saturated rings. The van der Waals surface area contributed by atoms with Crippen molar-refractivity contribution in [2.24, 2.45) is 0 Å². The first-order valence-electron chi connectivity index (χ1n) is 5.96. The Kier molecular flexibility index (Phi) is 3.89. The number of aromatic nitrogens is 1. The first kappa shape index (κ1) is 12.6. The van der Waals surface area contributed by atoms with Crippen LogP contribution in [0.2, 0.25) is 0 Å². The van der Waals surface area contributed by atoms with Crippen molar-refractivity contribution in [1.82, 2.24) is 4.98 Å². The maximum absolute atomic E-state index is 10.4. The Hall–Kier alpha value is -0.810. The zero-order valence-electron chi connectivity index (χ0n) is 9.75. The van der Waals surface area contributed by atoms with Gasteiger partial charge in [-0.15, -0.1) is 0 Å². The van der Waals surface area contributed by atoms with Gasteiger partial charge >= 0.3 is 0 Å². The number of aliphatic hydroxyl groups is 1. The normalized spacial score (nSPS) is 18.9. The minimum absolute atomic E-state index is 0.541. The van der Waals surface area contributed by atoms with E-state index in [1.807, 2.05) is 0 Å². The molecule has 0 amide bonds. The maximum Gasteiger partial charge on any atom is 0.0819 e. The summed E-state index contributed by atoms with van der Waals surface area (Å²) in [5.74, 6) is 0. The Bertz CT molecular complexity index is 371. The molecule has 4 nitrogen and oxygen atoms in total. The van der Waals surface area contributed by atoms with Gasteiger partial charge in [0, 0.05) is 12.7 Å². The smallest absolute Gasteiger partial charge is 0.0819 e. The van der Waals surface area contributed by atoms with Crippen molar-refractivity contribution in [1.29, 1.82) is 0 Å². The second-order valence-electron chi connectivity index (χ2n) is 4.72. The Labute approximate surface area is 110 Å². The summed E-state index contributed by atoms with van der Waals surface area (Å²) in [5, 5.41) is 13.6. The molecule has 1 aliphatic carbocycles. The third-order valence-corrected chi connectivity index (χ3v) is 3.91. The number of hydrogen-bond donors (Lipinski definition) is 3. The van der Waals surface area contributed by atoms with E-state index in [0.717, 1.165) is 35.8 Å². The van der Waals surface area contributed by atoms with Crippen molar-refractivity contribution in [3.8, 4) is 0 Å². The minimum Gasteiger partial charge on any atom is -0.396 e. The Morgan fingerprint density at radius 3 is 2.71 bits per heavy atom. The Morgan fingerprint density at radius 1 is 1.35 bits per heavy atom. The number of nitrogens with zero attached hydrogens (tertiary/aromatic N) is 1. The van der Waals surface area contributed by atoms with Crippen molar-refractivity contribution in [3.05, 3.63) is 16.9 Å². The molecule has 94 valence electrons. The molecule has 0 unspecified atom stereocenters. The second-order valence-corrected chi connectivity index (χ2v) is 5.58. The molecule has 4 N–H and O–H groups in total. The van der Waals surface area contributed by atoms with Gasteiger partial charge in [-0.3, -0.25) is 4.98 Å². The van der Waals surface area contributed by atoms with Crippen molar-refractivity contribution in [3.63, 3.8) is 0 Å². The van der Waals surface area contributed by atoms with E-state index in [4.69, 9.17) is 5.73 Å². The second kappa shape index (κ2) is 5.23. The molecule has 1 aliphatic rings. The van der Waals surface area contributed by atoms with Gasteiger partial charge in [0.05, 0.1) is 27.6 Å². The summed E-state index contributed by atoms with van der Waals surface area (Å²) in [6.45, 7) is 0.541. The predicted molar refractivity (Wildman–Crippen MR) is 72.9 cm³/mol. The maximum atomic E-state index is 10.4. The van der Waals surface area contributed by atoms with E-state index in [0.29, 0.717) is 12.2 Å². The van der Waals surface area contributed by atoms with Crippen LogP contribution in [0, 0.1) is 0 Å². The summed E-state index contributed by atoms with van der Waals surface area (Å²) < 4.78 is 0.830. The summed E-state index contributed by atoms with van der Waals surface area (Å²) in [5.41, 5.74) is 6.67. The van der Waals surface area contributed by atoms with E-state index in [1.54, 1.807) is 12.4 Å². The highest BCUT2D eigenvalue weighted by Gasteiger charge is 2.29. The van der Waals surface area contributed by atoms with Gasteiger partial charge in [0.25, 0.3) is 0 Å². The molecule has 17 heavy (non-hydrogen) atoms. The van der Waals surface area contributed by atoms with Gasteiger partial charge in [-0.1, -0.05) is 19.3 Å². The average molecular weight is 300 g/mol. The summed E-state index contributed by atoms with van der Waals surface area (Å²) >= 11 is 3.40. The molecule has 0 spiro atoms. The molecule has 0 radical (unpaired) electrons. The molecule has 2 rings (SSSR count). The summed E-state index contributed by atoms with van der Waals surface area (Å²) in [6.07, 6.45) is 8.46. The highest BCUT2D eigenvalue weighted by molar-refractivity contribution is 9.10. The van der Waals surface area contributed by atoms with Crippen LogP contribution in [0.25, 0.3) is 0 Å². The summed E-state index contributed by atoms with van der Waals surface area (Å²) in [6, 6.07) is 0. The van der Waals surface area contributed by atoms with Crippen LogP contribution in [0.15, 0.2) is 16.9 Å². The molecular formula is C12H18BrN3O. The van der Waals surface area contributed by atoms with Crippen molar-refractivity contribution in [2.45, 2.75) is 37.7 Å². The molecule has 1 aromatic heterocycles. The third kappa shape index (κ3) is 3.10. The van der Waals surface area contributed by atoms with Gasteiger partial charge in [0.2, 0.25) is 0 Å². The van der Waals surface area contributed by atoms with E-state index in [9.17, 15) is 5.11 Å². The quantitative estimate of drug-likeness (QED) is 0.802. The van der Waals surface area contributed by atoms with Gasteiger partial charge in [-0.2, -0.15) is 0 Å². The molecular weight excluding hydrogens is 282 g/mol. The van der Waals surface area contributed by atoms with Crippen LogP contribution in [0.5, 0.6) is 0 Å². The van der Waals surface area contributed by atoms with Crippen LogP contribution in [0.3, 0.4) is 0 Å². The van der Waals surface area contributed by atoms with E-state index >= 15 is 0 Å². The van der Waals surface area contributed by atoms with Crippen LogP contribution >= 0.6 is 15.9 Å². The number of anilines is 2. The Balaban J connectivity index is 2.02. The molecule has 0 aromatic carbocycles.